The molecule has 2 saturated heterocycles. The van der Waals surface area contributed by atoms with Crippen LogP contribution in [0.4, 0.5) is 9.59 Å². The number of likely N-dealkylation sites (N-methyl/N-ethyl adjacent to an activating group) is 2. The minimum atomic E-state index is -1.26. The molecule has 26 heteroatoms. The van der Waals surface area contributed by atoms with Crippen molar-refractivity contribution in [2.45, 2.75) is 140 Å². The third-order valence-electron chi connectivity index (χ3n) is 19.8. The maximum atomic E-state index is 15.0. The Hall–Kier alpha value is -11.5. The van der Waals surface area contributed by atoms with Crippen molar-refractivity contribution in [2.24, 2.45) is 0 Å². The van der Waals surface area contributed by atoms with Gasteiger partial charge in [-0.1, -0.05) is 180 Å². The van der Waals surface area contributed by atoms with Gasteiger partial charge in [-0.2, -0.15) is 9.36 Å². The fourth-order valence-corrected chi connectivity index (χ4v) is 13.7. The number of ether oxygens (including phenoxy) is 6. The molecular weight excluding hydrogens is 1320 g/mol. The molecule has 4 heterocycles. The number of hydrogen-bond acceptors (Lipinski definition) is 18. The highest BCUT2D eigenvalue weighted by molar-refractivity contribution is 5.93. The van der Waals surface area contributed by atoms with Crippen molar-refractivity contribution in [3.8, 4) is 58.0 Å². The first kappa shape index (κ1) is 72.3. The molecule has 2 aromatic heterocycles. The Morgan fingerprint density at radius 2 is 0.837 bits per heavy atom. The SMILES string of the molecule is C[C@H](C(=O)N[C@H](C(=O)N1CCC[C@H]1Cn1nnnc1OCc1ccccc1)[C@@H](C)OCC#CC#CCO[C@H](C)[C@H](NC(=O)[C@H](C)N(C)C(=O)OCC1c2ccccc2-c2ccccc21)C(=O)N1CCC[C@H]1Cn1nnnc1OCc1ccccc1)N(C)C(=O)OCC1c2ccccc2-c2ccccc21. The molecule has 8 aromatic rings. The van der Waals surface area contributed by atoms with Crippen LogP contribution in [0.15, 0.2) is 158 Å². The number of likely N-dealkylation sites (tertiary alicyclic amines) is 2. The molecule has 2 aliphatic heterocycles. The second-order valence-corrected chi connectivity index (χ2v) is 26.3. The molecule has 6 aromatic carbocycles. The Bertz CT molecular complexity index is 4100. The summed E-state index contributed by atoms with van der Waals surface area (Å²) in [5.41, 5.74) is 10.3. The zero-order chi connectivity index (χ0) is 72.6. The predicted molar refractivity (Wildman–Crippen MR) is 381 cm³/mol. The van der Waals surface area contributed by atoms with Gasteiger partial charge in [0.2, 0.25) is 23.6 Å². The molecule has 0 spiro atoms. The fourth-order valence-electron chi connectivity index (χ4n) is 13.7. The molecule has 0 radical (unpaired) electrons. The van der Waals surface area contributed by atoms with Gasteiger partial charge in [0.15, 0.2) is 0 Å². The number of tetrazole rings is 2. The van der Waals surface area contributed by atoms with Crippen molar-refractivity contribution in [2.75, 3.05) is 53.6 Å². The van der Waals surface area contributed by atoms with Gasteiger partial charge in [-0.25, -0.2) is 9.59 Å². The normalized spacial score (nSPS) is 16.6. The maximum absolute atomic E-state index is 15.0. The van der Waals surface area contributed by atoms with Gasteiger partial charge in [0, 0.05) is 39.0 Å². The molecule has 2 N–H and O–H groups in total. The van der Waals surface area contributed by atoms with Crippen LogP contribution in [-0.2, 0) is 64.4 Å². The fraction of sp³-hybridized carbons (Fsp3) is 0.385. The number of hydrogen-bond donors (Lipinski definition) is 2. The van der Waals surface area contributed by atoms with E-state index in [2.05, 4.69) is 65.4 Å². The summed E-state index contributed by atoms with van der Waals surface area (Å²) in [5, 5.41) is 30.1. The number of amides is 6. The maximum Gasteiger partial charge on any atom is 0.410 e. The Morgan fingerprint density at radius 1 is 0.490 bits per heavy atom. The zero-order valence-electron chi connectivity index (χ0n) is 58.9. The van der Waals surface area contributed by atoms with E-state index in [4.69, 9.17) is 28.4 Å². The Labute approximate surface area is 603 Å². The summed E-state index contributed by atoms with van der Waals surface area (Å²) in [6, 6.07) is 46.1. The van der Waals surface area contributed by atoms with E-state index in [1.165, 1.54) is 33.3 Å². The monoisotopic (exact) mass is 1410 g/mol. The van der Waals surface area contributed by atoms with E-state index in [1.807, 2.05) is 158 Å². The molecule has 0 bridgehead atoms. The van der Waals surface area contributed by atoms with Crippen molar-refractivity contribution in [1.29, 1.82) is 0 Å². The molecule has 538 valence electrons. The number of nitrogens with one attached hydrogen (secondary N) is 2. The molecule has 104 heavy (non-hydrogen) atoms. The van der Waals surface area contributed by atoms with Gasteiger partial charge in [-0.3, -0.25) is 29.0 Å². The van der Waals surface area contributed by atoms with E-state index in [0.29, 0.717) is 38.8 Å². The van der Waals surface area contributed by atoms with Crippen molar-refractivity contribution in [3.63, 3.8) is 0 Å². The van der Waals surface area contributed by atoms with E-state index in [-0.39, 0.29) is 76.6 Å². The van der Waals surface area contributed by atoms with Crippen LogP contribution in [0.5, 0.6) is 12.0 Å². The second kappa shape index (κ2) is 34.0. The molecule has 26 nitrogen and oxygen atoms in total. The van der Waals surface area contributed by atoms with Crippen LogP contribution in [-0.4, -0.2) is 198 Å². The topological polar surface area (TPSA) is 282 Å². The summed E-state index contributed by atoms with van der Waals surface area (Å²) in [4.78, 5) is 92.1. The number of benzene rings is 6. The van der Waals surface area contributed by atoms with Crippen LogP contribution < -0.4 is 20.1 Å². The molecule has 6 amide bonds. The first-order valence-corrected chi connectivity index (χ1v) is 35.0. The molecule has 2 fully saturated rings. The Balaban J connectivity index is 0.697. The molecule has 8 atom stereocenters. The number of aromatic nitrogens is 8. The first-order valence-electron chi connectivity index (χ1n) is 35.0. The third-order valence-corrected chi connectivity index (χ3v) is 19.8. The van der Waals surface area contributed by atoms with Crippen LogP contribution >= 0.6 is 0 Å². The van der Waals surface area contributed by atoms with Crippen LogP contribution in [0.3, 0.4) is 0 Å². The summed E-state index contributed by atoms with van der Waals surface area (Å²) >= 11 is 0. The standard InChI is InChI=1S/C78H84N14O12/c1-51(87(5)77(97)103-49-67-63-37-19-15-33-59(63)60-34-16-20-38-64(60)67)71(93)79-69(73(95)89-41-25-31-57(89)45-91-75(81-83-85-91)101-47-55-27-11-9-12-28-55)53(3)99-43-23-7-8-24-44-100-54(4)70(74(96)90-42-26-32-58(90)46-92-76(82-84-86-92)102-48-56-29-13-10-14-30-56)80-72(94)52(2)88(6)78(98)104-50-68-65-39-21-17-35-61(65)62-36-18-22-40-66(62)68/h9-22,27-30,33-40,51-54,57-58,67-70H,25-26,31-32,41-50H2,1-6H3,(H,79,93)(H,80,94)/t51-,52+,53-,54-,57+,58+,69+,70+/m1/s1. The van der Waals surface area contributed by atoms with Gasteiger partial charge in [-0.15, -0.1) is 0 Å². The number of carbonyl (C=O) groups excluding carboxylic acids is 6. The molecule has 4 aliphatic rings. The summed E-state index contributed by atoms with van der Waals surface area (Å²) in [5.74, 6) is 8.75. The Morgan fingerprint density at radius 3 is 1.20 bits per heavy atom. The van der Waals surface area contributed by atoms with E-state index in [0.717, 1.165) is 55.6 Å². The van der Waals surface area contributed by atoms with Crippen LogP contribution in [0.2, 0.25) is 0 Å². The molecule has 12 rings (SSSR count). The minimum Gasteiger partial charge on any atom is -0.458 e. The van der Waals surface area contributed by atoms with Gasteiger partial charge in [0.05, 0.1) is 37.4 Å². The first-order chi connectivity index (χ1) is 50.6. The summed E-state index contributed by atoms with van der Waals surface area (Å²) in [6.07, 6.45) is -0.841. The second-order valence-electron chi connectivity index (χ2n) is 26.3. The predicted octanol–water partition coefficient (Wildman–Crippen LogP) is 7.83. The lowest BCUT2D eigenvalue weighted by molar-refractivity contribution is -0.142. The summed E-state index contributed by atoms with van der Waals surface area (Å²) in [7, 11) is 2.95. The molecular formula is C78H84N14O12. The van der Waals surface area contributed by atoms with Crippen molar-refractivity contribution in [1.82, 2.24) is 70.6 Å². The van der Waals surface area contributed by atoms with Crippen LogP contribution in [0, 0.1) is 23.7 Å². The lowest BCUT2D eigenvalue weighted by Crippen LogP contribution is -2.58. The number of rotatable bonds is 28. The number of carbonyl (C=O) groups is 6. The molecule has 0 unspecified atom stereocenters. The van der Waals surface area contributed by atoms with Crippen LogP contribution in [0.25, 0.3) is 22.3 Å². The average molecular weight is 1410 g/mol. The molecule has 0 saturated carbocycles. The molecule has 2 aliphatic carbocycles. The highest BCUT2D eigenvalue weighted by atomic mass is 16.6. The quantitative estimate of drug-likeness (QED) is 0.0442. The highest BCUT2D eigenvalue weighted by Gasteiger charge is 2.42. The summed E-state index contributed by atoms with van der Waals surface area (Å²) in [6.45, 7) is 7.65. The van der Waals surface area contributed by atoms with Crippen molar-refractivity contribution in [3.05, 3.63) is 191 Å². The van der Waals surface area contributed by atoms with E-state index in [1.54, 1.807) is 37.5 Å². The smallest absolute Gasteiger partial charge is 0.410 e. The zero-order valence-corrected chi connectivity index (χ0v) is 58.9. The van der Waals surface area contributed by atoms with E-state index < -0.39 is 84.3 Å². The van der Waals surface area contributed by atoms with Gasteiger partial charge in [0.1, 0.15) is 63.8 Å². The third kappa shape index (κ3) is 16.8. The van der Waals surface area contributed by atoms with E-state index >= 15 is 0 Å². The van der Waals surface area contributed by atoms with Crippen LogP contribution in [0.1, 0.15) is 98.6 Å². The highest BCUT2D eigenvalue weighted by Crippen LogP contribution is 2.46. The van der Waals surface area contributed by atoms with E-state index in [9.17, 15) is 28.8 Å². The van der Waals surface area contributed by atoms with Gasteiger partial charge in [0.25, 0.3) is 0 Å². The van der Waals surface area contributed by atoms with Gasteiger partial charge < -0.3 is 48.9 Å². The van der Waals surface area contributed by atoms with Gasteiger partial charge >= 0.3 is 24.2 Å². The average Bonchev–Trinajstić information content (AvgIpc) is 1.62. The lowest BCUT2D eigenvalue weighted by Gasteiger charge is -2.33. The Kier molecular flexibility index (Phi) is 23.6. The van der Waals surface area contributed by atoms with Crippen molar-refractivity contribution >= 4 is 35.8 Å². The summed E-state index contributed by atoms with van der Waals surface area (Å²) < 4.78 is 39.3. The largest absolute Gasteiger partial charge is 0.458 e. The minimum absolute atomic E-state index is 0.0417. The number of fused-ring (bicyclic) bond motifs is 6. The number of nitrogens with zero attached hydrogens (tertiary/aromatic N) is 12. The lowest BCUT2D eigenvalue weighted by atomic mass is 9.98. The van der Waals surface area contributed by atoms with Gasteiger partial charge in [-0.05, 0) is 142 Å². The van der Waals surface area contributed by atoms with Crippen molar-refractivity contribution < 1.29 is 57.2 Å².